The minimum absolute atomic E-state index is 0.129. The summed E-state index contributed by atoms with van der Waals surface area (Å²) >= 11 is 0. The van der Waals surface area contributed by atoms with Crippen LogP contribution in [0.25, 0.3) is 0 Å². The highest BCUT2D eigenvalue weighted by Crippen LogP contribution is 2.28. The van der Waals surface area contributed by atoms with Crippen LogP contribution < -0.4 is 4.74 Å². The molecule has 0 fully saturated rings. The van der Waals surface area contributed by atoms with Gasteiger partial charge in [0.2, 0.25) is 0 Å². The highest BCUT2D eigenvalue weighted by molar-refractivity contribution is 5.77. The van der Waals surface area contributed by atoms with Crippen molar-refractivity contribution in [3.05, 3.63) is 51.3 Å². The number of hydrogen-bond acceptors (Lipinski definition) is 5. The second-order valence-corrected chi connectivity index (χ2v) is 4.49. The van der Waals surface area contributed by atoms with E-state index in [2.05, 4.69) is 5.10 Å². The van der Waals surface area contributed by atoms with Crippen molar-refractivity contribution in [2.45, 2.75) is 20.0 Å². The largest absolute Gasteiger partial charge is 0.480 e. The quantitative estimate of drug-likeness (QED) is 0.462. The van der Waals surface area contributed by atoms with Crippen molar-refractivity contribution in [1.82, 2.24) is 9.78 Å². The number of benzene rings is 1. The summed E-state index contributed by atoms with van der Waals surface area (Å²) < 4.78 is 7.19. The first-order valence-electron chi connectivity index (χ1n) is 6.43. The van der Waals surface area contributed by atoms with E-state index in [0.717, 1.165) is 17.8 Å². The van der Waals surface area contributed by atoms with Gasteiger partial charge in [-0.05, 0) is 24.6 Å². The smallest absolute Gasteiger partial charge is 0.311 e. The summed E-state index contributed by atoms with van der Waals surface area (Å²) in [6, 6.07) is 6.00. The molecule has 2 aromatic rings. The van der Waals surface area contributed by atoms with E-state index >= 15 is 0 Å². The van der Waals surface area contributed by atoms with Crippen molar-refractivity contribution in [2.75, 3.05) is 0 Å². The van der Waals surface area contributed by atoms with Gasteiger partial charge >= 0.3 is 5.69 Å². The summed E-state index contributed by atoms with van der Waals surface area (Å²) in [7, 11) is 1.79. The second kappa shape index (κ2) is 6.17. The molecule has 0 saturated heterocycles. The van der Waals surface area contributed by atoms with E-state index in [1.165, 1.54) is 18.2 Å². The Morgan fingerprint density at radius 2 is 2.19 bits per heavy atom. The van der Waals surface area contributed by atoms with Gasteiger partial charge in [-0.1, -0.05) is 6.92 Å². The Bertz CT molecular complexity index is 679. The third kappa shape index (κ3) is 3.25. The molecule has 0 spiro atoms. The van der Waals surface area contributed by atoms with Crippen LogP contribution in [0.4, 0.5) is 5.69 Å². The Morgan fingerprint density at radius 3 is 2.76 bits per heavy atom. The lowest BCUT2D eigenvalue weighted by molar-refractivity contribution is -0.386. The number of hydrogen-bond donors (Lipinski definition) is 0. The van der Waals surface area contributed by atoms with Crippen LogP contribution in [0, 0.1) is 10.1 Å². The Morgan fingerprint density at radius 1 is 1.43 bits per heavy atom. The number of ether oxygens (including phenoxy) is 1. The first kappa shape index (κ1) is 14.7. The zero-order chi connectivity index (χ0) is 15.4. The summed E-state index contributed by atoms with van der Waals surface area (Å²) in [5, 5.41) is 15.3. The van der Waals surface area contributed by atoms with E-state index in [1.807, 2.05) is 13.0 Å². The highest BCUT2D eigenvalue weighted by Gasteiger charge is 2.16. The second-order valence-electron chi connectivity index (χ2n) is 4.49. The van der Waals surface area contributed by atoms with Crippen LogP contribution in [0.1, 0.15) is 28.7 Å². The molecule has 1 aromatic carbocycles. The van der Waals surface area contributed by atoms with E-state index in [9.17, 15) is 14.9 Å². The standard InChI is InChI=1S/C14H15N3O4/c1-3-11-7-12(16(2)15-11)9-21-14-5-4-10(8-18)6-13(14)17(19)20/h4-8H,3,9H2,1-2H3. The lowest BCUT2D eigenvalue weighted by atomic mass is 10.2. The summed E-state index contributed by atoms with van der Waals surface area (Å²) in [6.07, 6.45) is 1.37. The Hall–Kier alpha value is -2.70. The Labute approximate surface area is 121 Å². The van der Waals surface area contributed by atoms with Crippen LogP contribution in [0.5, 0.6) is 5.75 Å². The lowest BCUT2D eigenvalue weighted by Crippen LogP contribution is -2.04. The molecule has 0 amide bonds. The van der Waals surface area contributed by atoms with Crippen molar-refractivity contribution in [3.63, 3.8) is 0 Å². The molecule has 1 aromatic heterocycles. The molecular formula is C14H15N3O4. The minimum Gasteiger partial charge on any atom is -0.480 e. The molecule has 0 bridgehead atoms. The maximum atomic E-state index is 11.0. The number of carbonyl (C=O) groups is 1. The fraction of sp³-hybridized carbons (Fsp3) is 0.286. The summed E-state index contributed by atoms with van der Waals surface area (Å²) in [6.45, 7) is 2.17. The Balaban J connectivity index is 2.21. The van der Waals surface area contributed by atoms with Crippen LogP contribution >= 0.6 is 0 Å². The monoisotopic (exact) mass is 289 g/mol. The van der Waals surface area contributed by atoms with Gasteiger partial charge in [-0.25, -0.2) is 0 Å². The van der Waals surface area contributed by atoms with Gasteiger partial charge in [0.15, 0.2) is 5.75 Å². The van der Waals surface area contributed by atoms with Crippen molar-refractivity contribution in [2.24, 2.45) is 7.05 Å². The zero-order valence-corrected chi connectivity index (χ0v) is 11.8. The van der Waals surface area contributed by atoms with Crippen molar-refractivity contribution < 1.29 is 14.5 Å². The fourth-order valence-electron chi connectivity index (χ4n) is 1.90. The van der Waals surface area contributed by atoms with Crippen LogP contribution in [0.15, 0.2) is 24.3 Å². The molecule has 1 heterocycles. The predicted molar refractivity (Wildman–Crippen MR) is 75.4 cm³/mol. The summed E-state index contributed by atoms with van der Waals surface area (Å²) in [4.78, 5) is 21.1. The summed E-state index contributed by atoms with van der Waals surface area (Å²) in [5.41, 5.74) is 1.77. The molecule has 0 saturated carbocycles. The van der Waals surface area contributed by atoms with Crippen molar-refractivity contribution in [1.29, 1.82) is 0 Å². The first-order valence-corrected chi connectivity index (χ1v) is 6.43. The topological polar surface area (TPSA) is 87.3 Å². The highest BCUT2D eigenvalue weighted by atomic mass is 16.6. The molecular weight excluding hydrogens is 274 g/mol. The molecule has 0 radical (unpaired) electrons. The molecule has 0 aliphatic carbocycles. The number of nitro groups is 1. The average molecular weight is 289 g/mol. The van der Waals surface area contributed by atoms with Gasteiger partial charge in [0.05, 0.1) is 16.3 Å². The third-order valence-electron chi connectivity index (χ3n) is 3.08. The van der Waals surface area contributed by atoms with E-state index in [-0.39, 0.29) is 23.6 Å². The van der Waals surface area contributed by atoms with Crippen molar-refractivity contribution in [3.8, 4) is 5.75 Å². The van der Waals surface area contributed by atoms with E-state index in [0.29, 0.717) is 6.29 Å². The number of carbonyl (C=O) groups excluding carboxylic acids is 1. The SMILES string of the molecule is CCc1cc(COc2ccc(C=O)cc2[N+](=O)[O-])n(C)n1. The number of nitro benzene ring substituents is 1. The molecule has 7 nitrogen and oxygen atoms in total. The van der Waals surface area contributed by atoms with E-state index in [4.69, 9.17) is 4.74 Å². The maximum Gasteiger partial charge on any atom is 0.311 e. The molecule has 21 heavy (non-hydrogen) atoms. The van der Waals surface area contributed by atoms with Gasteiger partial charge < -0.3 is 4.74 Å². The number of rotatable bonds is 6. The number of aryl methyl sites for hydroxylation is 2. The molecule has 7 heteroatoms. The average Bonchev–Trinajstić information content (AvgIpc) is 2.85. The molecule has 0 aliphatic rings. The number of aldehydes is 1. The van der Waals surface area contributed by atoms with Crippen LogP contribution in [0.2, 0.25) is 0 Å². The van der Waals surface area contributed by atoms with Crippen LogP contribution in [-0.4, -0.2) is 21.0 Å². The predicted octanol–water partition coefficient (Wildman–Crippen LogP) is 2.28. The molecule has 110 valence electrons. The van der Waals surface area contributed by atoms with Gasteiger partial charge in [0.25, 0.3) is 0 Å². The van der Waals surface area contributed by atoms with Crippen LogP contribution in [-0.2, 0) is 20.1 Å². The third-order valence-corrected chi connectivity index (χ3v) is 3.08. The number of nitrogens with zero attached hydrogens (tertiary/aromatic N) is 3. The minimum atomic E-state index is -0.566. The van der Waals surface area contributed by atoms with E-state index < -0.39 is 4.92 Å². The molecule has 0 unspecified atom stereocenters. The van der Waals surface area contributed by atoms with Gasteiger partial charge in [0, 0.05) is 18.7 Å². The first-order chi connectivity index (χ1) is 10.0. The zero-order valence-electron chi connectivity index (χ0n) is 11.8. The van der Waals surface area contributed by atoms with E-state index in [1.54, 1.807) is 11.7 Å². The summed E-state index contributed by atoms with van der Waals surface area (Å²) in [5.74, 6) is 0.129. The number of aromatic nitrogens is 2. The molecule has 0 N–H and O–H groups in total. The molecule has 0 aliphatic heterocycles. The fourth-order valence-corrected chi connectivity index (χ4v) is 1.90. The van der Waals surface area contributed by atoms with Gasteiger partial charge in [-0.2, -0.15) is 5.10 Å². The van der Waals surface area contributed by atoms with Crippen molar-refractivity contribution >= 4 is 12.0 Å². The van der Waals surface area contributed by atoms with Gasteiger partial charge in [0.1, 0.15) is 12.9 Å². The lowest BCUT2D eigenvalue weighted by Gasteiger charge is -2.07. The van der Waals surface area contributed by atoms with Gasteiger partial charge in [-0.15, -0.1) is 0 Å². The normalized spacial score (nSPS) is 10.4. The molecule has 2 rings (SSSR count). The van der Waals surface area contributed by atoms with Gasteiger partial charge in [-0.3, -0.25) is 19.6 Å². The molecule has 0 atom stereocenters. The Kier molecular flexibility index (Phi) is 4.32. The van der Waals surface area contributed by atoms with Crippen LogP contribution in [0.3, 0.4) is 0 Å². The maximum absolute atomic E-state index is 11.0.